The van der Waals surface area contributed by atoms with Gasteiger partial charge in [0.15, 0.2) is 0 Å². The van der Waals surface area contributed by atoms with Gasteiger partial charge in [0.1, 0.15) is 17.8 Å². The van der Waals surface area contributed by atoms with E-state index in [1.54, 1.807) is 23.9 Å². The van der Waals surface area contributed by atoms with Gasteiger partial charge in [0.25, 0.3) is 0 Å². The van der Waals surface area contributed by atoms with Gasteiger partial charge >= 0.3 is 0 Å². The molecule has 5 N–H and O–H groups in total. The molecular weight excluding hydrogens is 516 g/mol. The number of thioether (sulfide) groups is 1. The van der Waals surface area contributed by atoms with E-state index in [0.29, 0.717) is 31.1 Å². The van der Waals surface area contributed by atoms with Gasteiger partial charge in [0.2, 0.25) is 23.6 Å². The minimum Gasteiger partial charge on any atom is -0.508 e. The second-order valence-electron chi connectivity index (χ2n) is 10.2. The van der Waals surface area contributed by atoms with E-state index in [1.807, 2.05) is 30.3 Å². The smallest absolute Gasteiger partial charge is 0.245 e. The number of nitrogens with zero attached hydrogens (tertiary/aromatic N) is 1. The van der Waals surface area contributed by atoms with Crippen molar-refractivity contribution in [3.63, 3.8) is 0 Å². The second kappa shape index (κ2) is 14.6. The number of nitrogens with two attached hydrogens (primary N) is 1. The highest BCUT2D eigenvalue weighted by molar-refractivity contribution is 8.00. The summed E-state index contributed by atoms with van der Waals surface area (Å²) in [7, 11) is 0. The summed E-state index contributed by atoms with van der Waals surface area (Å²) in [5, 5.41) is 15.0. The van der Waals surface area contributed by atoms with Crippen LogP contribution in [0.2, 0.25) is 0 Å². The maximum atomic E-state index is 13.7. The predicted molar refractivity (Wildman–Crippen MR) is 152 cm³/mol. The number of phenols is 1. The van der Waals surface area contributed by atoms with Gasteiger partial charge in [-0.05, 0) is 47.8 Å². The summed E-state index contributed by atoms with van der Waals surface area (Å²) in [6.45, 7) is 4.18. The lowest BCUT2D eigenvalue weighted by Crippen LogP contribution is -2.55. The van der Waals surface area contributed by atoms with E-state index in [4.69, 9.17) is 5.73 Å². The molecule has 9 nitrogen and oxygen atoms in total. The van der Waals surface area contributed by atoms with Gasteiger partial charge in [-0.25, -0.2) is 0 Å². The number of aromatic hydroxyl groups is 1. The van der Waals surface area contributed by atoms with Crippen LogP contribution in [0.25, 0.3) is 0 Å². The van der Waals surface area contributed by atoms with Gasteiger partial charge < -0.3 is 26.4 Å². The molecule has 210 valence electrons. The molecule has 1 saturated heterocycles. The lowest BCUT2D eigenvalue weighted by atomic mass is 10.0. The van der Waals surface area contributed by atoms with Crippen molar-refractivity contribution in [3.8, 4) is 5.75 Å². The molecule has 2 aromatic rings. The Labute approximate surface area is 233 Å². The number of nitrogens with one attached hydrogen (secondary N) is 2. The summed E-state index contributed by atoms with van der Waals surface area (Å²) >= 11 is 1.56. The minimum absolute atomic E-state index is 0.103. The normalized spacial score (nSPS) is 19.3. The van der Waals surface area contributed by atoms with Gasteiger partial charge in [0.05, 0.1) is 11.8 Å². The van der Waals surface area contributed by atoms with E-state index < -0.39 is 23.9 Å². The number of carbonyl (C=O) groups is 4. The average Bonchev–Trinajstić information content (AvgIpc) is 2.89. The SMILES string of the molecule is CC(C)C[C@H]1SCCCN(CC(=O)N[C@H](Cc2ccccc2)C(N)=O)C(=O)[C@H](Cc2ccc(O)cc2)NC1=O. The molecule has 3 rings (SSSR count). The van der Waals surface area contributed by atoms with Crippen molar-refractivity contribution >= 4 is 35.4 Å². The van der Waals surface area contributed by atoms with E-state index in [2.05, 4.69) is 24.5 Å². The van der Waals surface area contributed by atoms with Crippen LogP contribution >= 0.6 is 11.8 Å². The number of hydrogen-bond donors (Lipinski definition) is 4. The first-order valence-corrected chi connectivity index (χ1v) is 14.3. The summed E-state index contributed by atoms with van der Waals surface area (Å²) < 4.78 is 0. The lowest BCUT2D eigenvalue weighted by Gasteiger charge is -2.31. The van der Waals surface area contributed by atoms with Gasteiger partial charge in [-0.15, -0.1) is 11.8 Å². The first kappa shape index (κ1) is 30.0. The molecular formula is C29H38N4O5S. The molecule has 0 spiro atoms. The molecule has 0 bridgehead atoms. The Kier molecular flexibility index (Phi) is 11.2. The molecule has 1 aliphatic rings. The Morgan fingerprint density at radius 3 is 2.44 bits per heavy atom. The molecule has 0 unspecified atom stereocenters. The number of primary amides is 1. The summed E-state index contributed by atoms with van der Waals surface area (Å²) in [6, 6.07) is 13.9. The molecule has 10 heteroatoms. The fraction of sp³-hybridized carbons (Fsp3) is 0.448. The number of benzene rings is 2. The van der Waals surface area contributed by atoms with Crippen LogP contribution in [-0.4, -0.2) is 69.8 Å². The molecule has 1 fully saturated rings. The lowest BCUT2D eigenvalue weighted by molar-refractivity contribution is -0.140. The van der Waals surface area contributed by atoms with Gasteiger partial charge in [-0.1, -0.05) is 56.3 Å². The Morgan fingerprint density at radius 2 is 1.79 bits per heavy atom. The van der Waals surface area contributed by atoms with Crippen molar-refractivity contribution in [2.45, 2.75) is 56.9 Å². The fourth-order valence-electron chi connectivity index (χ4n) is 4.47. The summed E-state index contributed by atoms with van der Waals surface area (Å²) in [5.41, 5.74) is 7.17. The summed E-state index contributed by atoms with van der Waals surface area (Å²) in [6.07, 6.45) is 1.75. The van der Waals surface area contributed by atoms with Crippen LogP contribution in [-0.2, 0) is 32.0 Å². The van der Waals surface area contributed by atoms with E-state index >= 15 is 0 Å². The first-order valence-electron chi connectivity index (χ1n) is 13.2. The van der Waals surface area contributed by atoms with Gasteiger partial charge in [-0.2, -0.15) is 0 Å². The minimum atomic E-state index is -0.921. The predicted octanol–water partition coefficient (Wildman–Crippen LogP) is 2.01. The van der Waals surface area contributed by atoms with E-state index in [1.165, 1.54) is 17.0 Å². The standard InChI is InChI=1S/C29H38N4O5S/c1-19(2)15-25-28(37)32-24(17-21-9-11-22(34)12-10-21)29(38)33(13-6-14-39-25)18-26(35)31-23(27(30)36)16-20-7-4-3-5-8-20/h3-5,7-12,19,23-25,34H,6,13-18H2,1-2H3,(H2,30,36)(H,31,35)(H,32,37)/t23-,24+,25-/m1/s1. The van der Waals surface area contributed by atoms with E-state index in [-0.39, 0.29) is 42.2 Å². The number of rotatable bonds is 10. The van der Waals surface area contributed by atoms with Crippen molar-refractivity contribution in [2.75, 3.05) is 18.8 Å². The van der Waals surface area contributed by atoms with Crippen LogP contribution < -0.4 is 16.4 Å². The van der Waals surface area contributed by atoms with Crippen LogP contribution in [0, 0.1) is 5.92 Å². The summed E-state index contributed by atoms with van der Waals surface area (Å²) in [4.78, 5) is 53.5. The second-order valence-corrected chi connectivity index (χ2v) is 11.6. The Bertz CT molecular complexity index is 1130. The maximum Gasteiger partial charge on any atom is 0.245 e. The third-order valence-corrected chi connectivity index (χ3v) is 7.80. The monoisotopic (exact) mass is 554 g/mol. The van der Waals surface area contributed by atoms with Crippen LogP contribution in [0.15, 0.2) is 54.6 Å². The first-order chi connectivity index (χ1) is 18.6. The number of carbonyl (C=O) groups excluding carboxylic acids is 4. The zero-order chi connectivity index (χ0) is 28.4. The van der Waals surface area contributed by atoms with Crippen molar-refractivity contribution in [2.24, 2.45) is 11.7 Å². The maximum absolute atomic E-state index is 13.7. The fourth-order valence-corrected chi connectivity index (χ4v) is 5.79. The third kappa shape index (κ3) is 9.62. The molecule has 0 aromatic heterocycles. The van der Waals surface area contributed by atoms with Gasteiger partial charge in [0, 0.05) is 19.4 Å². The largest absolute Gasteiger partial charge is 0.508 e. The van der Waals surface area contributed by atoms with Crippen LogP contribution in [0.5, 0.6) is 5.75 Å². The highest BCUT2D eigenvalue weighted by Crippen LogP contribution is 2.23. The van der Waals surface area contributed by atoms with Crippen molar-refractivity contribution < 1.29 is 24.3 Å². The van der Waals surface area contributed by atoms with Crippen molar-refractivity contribution in [3.05, 3.63) is 65.7 Å². The molecule has 4 amide bonds. The number of hydrogen-bond acceptors (Lipinski definition) is 6. The van der Waals surface area contributed by atoms with Crippen molar-refractivity contribution in [1.29, 1.82) is 0 Å². The van der Waals surface area contributed by atoms with E-state index in [0.717, 1.165) is 11.1 Å². The average molecular weight is 555 g/mol. The molecule has 3 atom stereocenters. The zero-order valence-electron chi connectivity index (χ0n) is 22.5. The quantitative estimate of drug-likeness (QED) is 0.354. The third-order valence-electron chi connectivity index (χ3n) is 6.47. The van der Waals surface area contributed by atoms with Crippen molar-refractivity contribution in [1.82, 2.24) is 15.5 Å². The highest BCUT2D eigenvalue weighted by atomic mass is 32.2. The van der Waals surface area contributed by atoms with E-state index in [9.17, 15) is 24.3 Å². The Hall–Kier alpha value is -3.53. The zero-order valence-corrected chi connectivity index (χ0v) is 23.3. The molecule has 2 aromatic carbocycles. The van der Waals surface area contributed by atoms with Crippen LogP contribution in [0.3, 0.4) is 0 Å². The van der Waals surface area contributed by atoms with Crippen LogP contribution in [0.4, 0.5) is 0 Å². The number of phenolic OH excluding ortho intramolecular Hbond substituents is 1. The molecule has 0 radical (unpaired) electrons. The molecule has 1 heterocycles. The summed E-state index contributed by atoms with van der Waals surface area (Å²) in [5.74, 6) is -0.654. The molecule has 0 aliphatic carbocycles. The molecule has 1 aliphatic heterocycles. The molecule has 39 heavy (non-hydrogen) atoms. The topological polar surface area (TPSA) is 142 Å². The number of amides is 4. The van der Waals surface area contributed by atoms with Gasteiger partial charge in [-0.3, -0.25) is 19.2 Å². The Balaban J connectivity index is 1.77. The van der Waals surface area contributed by atoms with Crippen LogP contribution in [0.1, 0.15) is 37.8 Å². The molecule has 0 saturated carbocycles. The highest BCUT2D eigenvalue weighted by Gasteiger charge is 2.32. The Morgan fingerprint density at radius 1 is 1.10 bits per heavy atom.